The van der Waals surface area contributed by atoms with Crippen molar-refractivity contribution in [3.05, 3.63) is 40.4 Å². The van der Waals surface area contributed by atoms with Crippen LogP contribution in [0, 0.1) is 6.92 Å². The Balaban J connectivity index is 2.15. The second-order valence-corrected chi connectivity index (χ2v) is 4.67. The van der Waals surface area contributed by atoms with Crippen molar-refractivity contribution < 1.29 is 4.74 Å². The molecule has 0 spiro atoms. The second-order valence-electron chi connectivity index (χ2n) is 4.27. The zero-order valence-electron chi connectivity index (χ0n) is 11.1. The molecule has 0 bridgehead atoms. The van der Waals surface area contributed by atoms with Gasteiger partial charge in [0.1, 0.15) is 18.2 Å². The molecule has 5 nitrogen and oxygen atoms in total. The molecule has 1 aromatic heterocycles. The minimum absolute atomic E-state index is 0.356. The average molecular weight is 281 g/mol. The van der Waals surface area contributed by atoms with Gasteiger partial charge in [-0.25, -0.2) is 0 Å². The van der Waals surface area contributed by atoms with Gasteiger partial charge in [-0.15, -0.1) is 10.2 Å². The van der Waals surface area contributed by atoms with Crippen molar-refractivity contribution in [1.82, 2.24) is 14.8 Å². The Kier molecular flexibility index (Phi) is 4.39. The van der Waals surface area contributed by atoms with Crippen molar-refractivity contribution in [3.63, 3.8) is 0 Å². The summed E-state index contributed by atoms with van der Waals surface area (Å²) in [7, 11) is 1.91. The highest BCUT2D eigenvalue weighted by atomic mass is 35.5. The van der Waals surface area contributed by atoms with E-state index in [1.807, 2.05) is 36.7 Å². The van der Waals surface area contributed by atoms with Gasteiger partial charge in [-0.1, -0.05) is 17.7 Å². The lowest BCUT2D eigenvalue weighted by Crippen LogP contribution is -2.08. The molecule has 19 heavy (non-hydrogen) atoms. The normalized spacial score (nSPS) is 10.7. The maximum Gasteiger partial charge on any atom is 0.170 e. The maximum atomic E-state index is 6.16. The molecule has 0 unspecified atom stereocenters. The molecular weight excluding hydrogens is 264 g/mol. The van der Waals surface area contributed by atoms with Crippen LogP contribution in [-0.2, 0) is 20.1 Å². The predicted molar refractivity (Wildman–Crippen MR) is 74.3 cm³/mol. The first-order chi connectivity index (χ1) is 9.13. The van der Waals surface area contributed by atoms with Crippen LogP contribution in [0.2, 0.25) is 5.02 Å². The Morgan fingerprint density at radius 2 is 2.16 bits per heavy atom. The van der Waals surface area contributed by atoms with Crippen LogP contribution < -0.4 is 10.5 Å². The lowest BCUT2D eigenvalue weighted by Gasteiger charge is -2.12. The monoisotopic (exact) mass is 280 g/mol. The molecule has 0 aliphatic carbocycles. The molecule has 0 aliphatic heterocycles. The van der Waals surface area contributed by atoms with Crippen LogP contribution in [0.4, 0.5) is 0 Å². The van der Waals surface area contributed by atoms with E-state index in [9.17, 15) is 0 Å². The fourth-order valence-electron chi connectivity index (χ4n) is 1.78. The van der Waals surface area contributed by atoms with E-state index in [4.69, 9.17) is 22.1 Å². The highest BCUT2D eigenvalue weighted by Crippen LogP contribution is 2.27. The Hall–Kier alpha value is -1.59. The van der Waals surface area contributed by atoms with Crippen LogP contribution in [0.1, 0.15) is 17.2 Å². The number of benzene rings is 1. The molecule has 2 N–H and O–H groups in total. The van der Waals surface area contributed by atoms with Gasteiger partial charge in [0.05, 0.1) is 0 Å². The van der Waals surface area contributed by atoms with Gasteiger partial charge in [-0.2, -0.15) is 0 Å². The third kappa shape index (κ3) is 3.05. The summed E-state index contributed by atoms with van der Waals surface area (Å²) >= 11 is 6.16. The number of hydrogen-bond acceptors (Lipinski definition) is 4. The van der Waals surface area contributed by atoms with Gasteiger partial charge >= 0.3 is 0 Å². The number of aromatic nitrogens is 3. The van der Waals surface area contributed by atoms with Crippen LogP contribution >= 0.6 is 11.6 Å². The third-order valence-electron chi connectivity index (χ3n) is 3.01. The fraction of sp³-hybridized carbons (Fsp3) is 0.385. The molecule has 0 atom stereocenters. The predicted octanol–water partition coefficient (Wildman–Crippen LogP) is 1.86. The van der Waals surface area contributed by atoms with Crippen molar-refractivity contribution in [3.8, 4) is 5.75 Å². The lowest BCUT2D eigenvalue weighted by molar-refractivity contribution is 0.288. The van der Waals surface area contributed by atoms with E-state index in [-0.39, 0.29) is 0 Å². The quantitative estimate of drug-likeness (QED) is 0.908. The van der Waals surface area contributed by atoms with E-state index in [0.717, 1.165) is 23.0 Å². The second kappa shape index (κ2) is 6.04. The SMILES string of the molecule is Cc1nnc(COc2cccc(Cl)c2CCN)n1C. The smallest absolute Gasteiger partial charge is 0.170 e. The summed E-state index contributed by atoms with van der Waals surface area (Å²) in [4.78, 5) is 0. The summed E-state index contributed by atoms with van der Waals surface area (Å²) in [5.41, 5.74) is 6.53. The van der Waals surface area contributed by atoms with Crippen molar-refractivity contribution in [2.24, 2.45) is 12.8 Å². The molecule has 6 heteroatoms. The molecule has 1 aromatic carbocycles. The molecule has 2 aromatic rings. The molecule has 0 saturated carbocycles. The van der Waals surface area contributed by atoms with E-state index in [1.54, 1.807) is 0 Å². The summed E-state index contributed by atoms with van der Waals surface area (Å²) in [5.74, 6) is 2.38. The summed E-state index contributed by atoms with van der Waals surface area (Å²) in [6.45, 7) is 2.79. The summed E-state index contributed by atoms with van der Waals surface area (Å²) in [5, 5.41) is 8.73. The third-order valence-corrected chi connectivity index (χ3v) is 3.36. The molecule has 0 amide bonds. The van der Waals surface area contributed by atoms with Crippen molar-refractivity contribution in [2.45, 2.75) is 20.0 Å². The Morgan fingerprint density at radius 3 is 2.79 bits per heavy atom. The first-order valence-electron chi connectivity index (χ1n) is 6.08. The standard InChI is InChI=1S/C13H17ClN4O/c1-9-16-17-13(18(9)2)8-19-12-5-3-4-11(14)10(12)6-7-15/h3-5H,6-8,15H2,1-2H3. The highest BCUT2D eigenvalue weighted by molar-refractivity contribution is 6.31. The zero-order chi connectivity index (χ0) is 13.8. The van der Waals surface area contributed by atoms with E-state index in [1.165, 1.54) is 0 Å². The topological polar surface area (TPSA) is 66.0 Å². The number of rotatable bonds is 5. The number of halogens is 1. The van der Waals surface area contributed by atoms with Crippen molar-refractivity contribution >= 4 is 11.6 Å². The fourth-order valence-corrected chi connectivity index (χ4v) is 2.04. The summed E-state index contributed by atoms with van der Waals surface area (Å²) in [6, 6.07) is 5.59. The van der Waals surface area contributed by atoms with Crippen molar-refractivity contribution in [1.29, 1.82) is 0 Å². The van der Waals surface area contributed by atoms with E-state index in [2.05, 4.69) is 10.2 Å². The molecule has 0 radical (unpaired) electrons. The van der Waals surface area contributed by atoms with Gasteiger partial charge in [-0.3, -0.25) is 0 Å². The Morgan fingerprint density at radius 1 is 1.37 bits per heavy atom. The molecule has 2 rings (SSSR count). The van der Waals surface area contributed by atoms with Gasteiger partial charge < -0.3 is 15.0 Å². The van der Waals surface area contributed by atoms with Crippen LogP contribution in [-0.4, -0.2) is 21.3 Å². The molecular formula is C13H17ClN4O. The molecule has 0 aliphatic rings. The van der Waals surface area contributed by atoms with Gasteiger partial charge in [0.2, 0.25) is 0 Å². The molecule has 1 heterocycles. The first kappa shape index (κ1) is 13.8. The largest absolute Gasteiger partial charge is 0.485 e. The number of nitrogens with two attached hydrogens (primary N) is 1. The Labute approximate surface area is 117 Å². The molecule has 102 valence electrons. The number of ether oxygens (including phenoxy) is 1. The lowest BCUT2D eigenvalue weighted by atomic mass is 10.1. The van der Waals surface area contributed by atoms with Gasteiger partial charge in [0, 0.05) is 17.6 Å². The minimum atomic E-state index is 0.356. The number of aryl methyl sites for hydroxylation is 1. The van der Waals surface area contributed by atoms with Crippen LogP contribution in [0.25, 0.3) is 0 Å². The van der Waals surface area contributed by atoms with Crippen LogP contribution in [0.3, 0.4) is 0 Å². The van der Waals surface area contributed by atoms with E-state index in [0.29, 0.717) is 24.6 Å². The first-order valence-corrected chi connectivity index (χ1v) is 6.46. The van der Waals surface area contributed by atoms with Gasteiger partial charge in [0.15, 0.2) is 5.82 Å². The van der Waals surface area contributed by atoms with Crippen LogP contribution in [0.15, 0.2) is 18.2 Å². The summed E-state index contributed by atoms with van der Waals surface area (Å²) in [6.07, 6.45) is 0.687. The maximum absolute atomic E-state index is 6.16. The van der Waals surface area contributed by atoms with Gasteiger partial charge in [-0.05, 0) is 32.0 Å². The van der Waals surface area contributed by atoms with Gasteiger partial charge in [0.25, 0.3) is 0 Å². The zero-order valence-corrected chi connectivity index (χ0v) is 11.8. The van der Waals surface area contributed by atoms with Crippen LogP contribution in [0.5, 0.6) is 5.75 Å². The summed E-state index contributed by atoms with van der Waals surface area (Å²) < 4.78 is 7.68. The molecule has 0 fully saturated rings. The minimum Gasteiger partial charge on any atom is -0.485 e. The molecule has 0 saturated heterocycles. The Bertz CT molecular complexity index is 568. The highest BCUT2D eigenvalue weighted by Gasteiger charge is 2.10. The number of hydrogen-bond donors (Lipinski definition) is 1. The van der Waals surface area contributed by atoms with E-state index < -0.39 is 0 Å². The van der Waals surface area contributed by atoms with E-state index >= 15 is 0 Å². The van der Waals surface area contributed by atoms with Crippen molar-refractivity contribution in [2.75, 3.05) is 6.54 Å². The number of nitrogens with zero attached hydrogens (tertiary/aromatic N) is 3. The average Bonchev–Trinajstić information content (AvgIpc) is 2.71.